The molecule has 0 amide bonds. The standard InChI is InChI=1S/C17H17NO/c1-17(2,3)16(19)18-14-10-6-4-8-12(14)13-9-5-7-11-15(13)18/h4-11H,1-3H3. The predicted octanol–water partition coefficient (Wildman–Crippen LogP) is 4.48. The van der Waals surface area contributed by atoms with Crippen LogP contribution in [0.1, 0.15) is 25.6 Å². The van der Waals surface area contributed by atoms with Gasteiger partial charge >= 0.3 is 0 Å². The Kier molecular flexibility index (Phi) is 2.49. The summed E-state index contributed by atoms with van der Waals surface area (Å²) in [7, 11) is 0. The molecule has 0 aliphatic rings. The lowest BCUT2D eigenvalue weighted by molar-refractivity contribution is 0.0778. The van der Waals surface area contributed by atoms with E-state index in [-0.39, 0.29) is 5.91 Å². The lowest BCUT2D eigenvalue weighted by atomic mass is 9.95. The lowest BCUT2D eigenvalue weighted by Crippen LogP contribution is -2.26. The topological polar surface area (TPSA) is 22.0 Å². The molecule has 0 saturated heterocycles. The van der Waals surface area contributed by atoms with Gasteiger partial charge in [0, 0.05) is 16.2 Å². The molecule has 0 aliphatic carbocycles. The van der Waals surface area contributed by atoms with Gasteiger partial charge in [-0.3, -0.25) is 9.36 Å². The van der Waals surface area contributed by atoms with E-state index in [9.17, 15) is 4.79 Å². The molecule has 1 heterocycles. The van der Waals surface area contributed by atoms with Crippen molar-refractivity contribution in [2.75, 3.05) is 0 Å². The Bertz CT molecular complexity index is 721. The third-order valence-corrected chi connectivity index (χ3v) is 3.42. The van der Waals surface area contributed by atoms with Crippen LogP contribution in [0.4, 0.5) is 0 Å². The van der Waals surface area contributed by atoms with Crippen LogP contribution >= 0.6 is 0 Å². The Labute approximate surface area is 112 Å². The second-order valence-electron chi connectivity index (χ2n) is 5.92. The lowest BCUT2D eigenvalue weighted by Gasteiger charge is -2.18. The third kappa shape index (κ3) is 1.75. The van der Waals surface area contributed by atoms with Crippen LogP contribution in [0.5, 0.6) is 0 Å². The minimum absolute atomic E-state index is 0.130. The number of rotatable bonds is 0. The number of carbonyl (C=O) groups excluding carboxylic acids is 1. The van der Waals surface area contributed by atoms with Crippen molar-refractivity contribution in [1.29, 1.82) is 0 Å². The Hall–Kier alpha value is -2.09. The van der Waals surface area contributed by atoms with Gasteiger partial charge in [0.1, 0.15) is 0 Å². The molecule has 0 spiro atoms. The van der Waals surface area contributed by atoms with E-state index < -0.39 is 5.41 Å². The van der Waals surface area contributed by atoms with Gasteiger partial charge in [0.15, 0.2) is 0 Å². The van der Waals surface area contributed by atoms with E-state index in [1.54, 1.807) is 0 Å². The highest BCUT2D eigenvalue weighted by molar-refractivity contribution is 6.13. The van der Waals surface area contributed by atoms with Gasteiger partial charge in [-0.15, -0.1) is 0 Å². The average molecular weight is 251 g/mol. The Morgan fingerprint density at radius 3 is 1.68 bits per heavy atom. The van der Waals surface area contributed by atoms with Crippen molar-refractivity contribution in [2.24, 2.45) is 5.41 Å². The largest absolute Gasteiger partial charge is 0.279 e. The van der Waals surface area contributed by atoms with Gasteiger partial charge in [-0.25, -0.2) is 0 Å². The summed E-state index contributed by atoms with van der Waals surface area (Å²) in [5, 5.41) is 2.27. The number of carbonyl (C=O) groups is 1. The first kappa shape index (κ1) is 12.0. The maximum atomic E-state index is 12.7. The maximum absolute atomic E-state index is 12.7. The van der Waals surface area contributed by atoms with Crippen LogP contribution in [0.25, 0.3) is 21.8 Å². The summed E-state index contributed by atoms with van der Waals surface area (Å²) in [5.41, 5.74) is 1.58. The number of para-hydroxylation sites is 2. The Morgan fingerprint density at radius 1 is 0.842 bits per heavy atom. The molecular weight excluding hydrogens is 234 g/mol. The minimum atomic E-state index is -0.398. The molecule has 0 atom stereocenters. The summed E-state index contributed by atoms with van der Waals surface area (Å²) in [6.07, 6.45) is 0. The summed E-state index contributed by atoms with van der Waals surface area (Å²) in [6.45, 7) is 5.87. The fourth-order valence-corrected chi connectivity index (χ4v) is 2.48. The molecule has 1 aromatic heterocycles. The van der Waals surface area contributed by atoms with Crippen molar-refractivity contribution in [3.05, 3.63) is 48.5 Å². The molecule has 2 aromatic carbocycles. The SMILES string of the molecule is CC(C)(C)C(=O)n1c2ccccc2c2ccccc21. The first-order valence-corrected chi connectivity index (χ1v) is 6.53. The van der Waals surface area contributed by atoms with Crippen molar-refractivity contribution in [1.82, 2.24) is 4.57 Å². The van der Waals surface area contributed by atoms with Gasteiger partial charge in [-0.2, -0.15) is 0 Å². The molecule has 0 bridgehead atoms. The maximum Gasteiger partial charge on any atom is 0.236 e. The van der Waals surface area contributed by atoms with Crippen molar-refractivity contribution in [3.63, 3.8) is 0 Å². The second kappa shape index (κ2) is 3.95. The van der Waals surface area contributed by atoms with Crippen LogP contribution in [0, 0.1) is 5.41 Å². The zero-order chi connectivity index (χ0) is 13.6. The van der Waals surface area contributed by atoms with E-state index in [4.69, 9.17) is 0 Å². The molecule has 0 unspecified atom stereocenters. The number of hydrogen-bond acceptors (Lipinski definition) is 1. The Balaban J connectivity index is 2.47. The van der Waals surface area contributed by atoms with E-state index in [0.29, 0.717) is 0 Å². The van der Waals surface area contributed by atoms with Crippen LogP contribution < -0.4 is 0 Å². The zero-order valence-corrected chi connectivity index (χ0v) is 11.5. The first-order valence-electron chi connectivity index (χ1n) is 6.53. The third-order valence-electron chi connectivity index (χ3n) is 3.42. The first-order chi connectivity index (χ1) is 9.00. The van der Waals surface area contributed by atoms with Crippen molar-refractivity contribution >= 4 is 27.7 Å². The summed E-state index contributed by atoms with van der Waals surface area (Å²) in [5.74, 6) is 0.130. The highest BCUT2D eigenvalue weighted by Gasteiger charge is 2.26. The minimum Gasteiger partial charge on any atom is -0.279 e. The van der Waals surface area contributed by atoms with E-state index in [2.05, 4.69) is 12.1 Å². The highest BCUT2D eigenvalue weighted by atomic mass is 16.2. The number of fused-ring (bicyclic) bond motifs is 3. The normalized spacial score (nSPS) is 12.2. The molecule has 0 aliphatic heterocycles. The monoisotopic (exact) mass is 251 g/mol. The Morgan fingerprint density at radius 2 is 1.26 bits per heavy atom. The van der Waals surface area contributed by atoms with Gasteiger partial charge < -0.3 is 0 Å². The summed E-state index contributed by atoms with van der Waals surface area (Å²) < 4.78 is 1.85. The van der Waals surface area contributed by atoms with Gasteiger partial charge in [-0.05, 0) is 12.1 Å². The van der Waals surface area contributed by atoms with Crippen LogP contribution in [-0.4, -0.2) is 10.5 Å². The molecule has 3 aromatic rings. The van der Waals surface area contributed by atoms with E-state index >= 15 is 0 Å². The highest BCUT2D eigenvalue weighted by Crippen LogP contribution is 2.31. The number of aromatic nitrogens is 1. The molecule has 3 rings (SSSR count). The molecule has 2 nitrogen and oxygen atoms in total. The number of hydrogen-bond donors (Lipinski definition) is 0. The molecule has 19 heavy (non-hydrogen) atoms. The average Bonchev–Trinajstić information content (AvgIpc) is 2.71. The molecule has 0 saturated carbocycles. The molecule has 96 valence electrons. The second-order valence-corrected chi connectivity index (χ2v) is 5.92. The number of benzene rings is 2. The van der Waals surface area contributed by atoms with E-state index in [1.807, 2.05) is 61.7 Å². The fourth-order valence-electron chi connectivity index (χ4n) is 2.48. The van der Waals surface area contributed by atoms with Gasteiger partial charge in [-0.1, -0.05) is 57.2 Å². The van der Waals surface area contributed by atoms with Gasteiger partial charge in [0.25, 0.3) is 0 Å². The zero-order valence-electron chi connectivity index (χ0n) is 11.5. The summed E-state index contributed by atoms with van der Waals surface area (Å²) in [6, 6.07) is 16.2. The van der Waals surface area contributed by atoms with Gasteiger partial charge in [0.05, 0.1) is 11.0 Å². The van der Waals surface area contributed by atoms with Crippen LogP contribution in [0.3, 0.4) is 0 Å². The van der Waals surface area contributed by atoms with Crippen LogP contribution in [0.15, 0.2) is 48.5 Å². The van der Waals surface area contributed by atoms with Crippen LogP contribution in [0.2, 0.25) is 0 Å². The van der Waals surface area contributed by atoms with Crippen LogP contribution in [-0.2, 0) is 0 Å². The fraction of sp³-hybridized carbons (Fsp3) is 0.235. The molecule has 0 radical (unpaired) electrons. The van der Waals surface area contributed by atoms with Crippen molar-refractivity contribution in [2.45, 2.75) is 20.8 Å². The van der Waals surface area contributed by atoms with E-state index in [0.717, 1.165) is 21.8 Å². The van der Waals surface area contributed by atoms with Gasteiger partial charge in [0.2, 0.25) is 5.91 Å². The summed E-state index contributed by atoms with van der Waals surface area (Å²) >= 11 is 0. The number of nitrogens with zero attached hydrogens (tertiary/aromatic N) is 1. The van der Waals surface area contributed by atoms with Crippen molar-refractivity contribution < 1.29 is 4.79 Å². The molecular formula is C17H17NO. The summed E-state index contributed by atoms with van der Waals surface area (Å²) in [4.78, 5) is 12.7. The van der Waals surface area contributed by atoms with E-state index in [1.165, 1.54) is 0 Å². The van der Waals surface area contributed by atoms with Crippen molar-refractivity contribution in [3.8, 4) is 0 Å². The smallest absolute Gasteiger partial charge is 0.236 e. The molecule has 2 heteroatoms. The quantitative estimate of drug-likeness (QED) is 0.577. The predicted molar refractivity (Wildman–Crippen MR) is 79.5 cm³/mol. The molecule has 0 fully saturated rings. The molecule has 0 N–H and O–H groups in total.